The zero-order valence-corrected chi connectivity index (χ0v) is 22.2. The smallest absolute Gasteiger partial charge is 0.334 e. The monoisotopic (exact) mass is 631 g/mol. The molecular weight excluding hydrogens is 618 g/mol. The third-order valence-corrected chi connectivity index (χ3v) is 5.80. The summed E-state index contributed by atoms with van der Waals surface area (Å²) in [4.78, 5) is 25.0. The van der Waals surface area contributed by atoms with Gasteiger partial charge in [0.2, 0.25) is 6.08 Å². The molecule has 5 nitrogen and oxygen atoms in total. The van der Waals surface area contributed by atoms with Crippen molar-refractivity contribution in [1.82, 2.24) is 5.32 Å². The Labute approximate surface area is 237 Å². The molecule has 0 saturated heterocycles. The molecule has 0 unspecified atom stereocenters. The number of urea groups is 1. The Morgan fingerprint density at radius 1 is 0.769 bits per heavy atom. The Balaban J connectivity index is 0.000000370. The number of hydrogen-bond donors (Lipinski definition) is 2. The zero-order chi connectivity index (χ0) is 29.4. The third-order valence-electron chi connectivity index (χ3n) is 4.63. The van der Waals surface area contributed by atoms with Crippen LogP contribution in [0.3, 0.4) is 0 Å². The number of nitrogens with one attached hydrogen (secondary N) is 2. The van der Waals surface area contributed by atoms with Crippen molar-refractivity contribution < 1.29 is 35.9 Å². The molecule has 0 aliphatic carbocycles. The Kier molecular flexibility index (Phi) is 11.5. The van der Waals surface area contributed by atoms with Crippen LogP contribution in [-0.2, 0) is 30.2 Å². The van der Waals surface area contributed by atoms with Crippen LogP contribution in [0.1, 0.15) is 22.3 Å². The number of hydrogen-bond acceptors (Lipinski definition) is 3. The van der Waals surface area contributed by atoms with E-state index in [0.29, 0.717) is 32.8 Å². The fraction of sp³-hybridized carbons (Fsp3) is 0.167. The molecule has 2 amide bonds. The molecule has 15 heteroatoms. The van der Waals surface area contributed by atoms with Crippen LogP contribution in [0.25, 0.3) is 0 Å². The second-order valence-corrected chi connectivity index (χ2v) is 9.17. The van der Waals surface area contributed by atoms with Gasteiger partial charge in [-0.3, -0.25) is 0 Å². The van der Waals surface area contributed by atoms with Crippen molar-refractivity contribution in [2.75, 3.05) is 5.32 Å². The van der Waals surface area contributed by atoms with Crippen LogP contribution in [-0.4, -0.2) is 12.1 Å². The van der Waals surface area contributed by atoms with E-state index in [4.69, 9.17) is 46.4 Å². The fourth-order valence-electron chi connectivity index (χ4n) is 2.81. The molecule has 39 heavy (non-hydrogen) atoms. The highest BCUT2D eigenvalue weighted by atomic mass is 35.5. The number of amides is 2. The van der Waals surface area contributed by atoms with Gasteiger partial charge in [-0.15, -0.1) is 0 Å². The average molecular weight is 633 g/mol. The standard InChI is InChI=1S/C16H10Cl2F6N2O.C8H5Cl2NO/c17-11-2-1-8(13(18)6-11)7-25-14(27)26-12-4-9(15(19,20)21)3-10(5-12)16(22,23)24;9-7-2-1-6(4-11-5-12)8(10)3-7/h1-6H,7H2,(H2,25,26,27);1-3H,4H2. The van der Waals surface area contributed by atoms with Crippen LogP contribution in [0.2, 0.25) is 20.1 Å². The Hall–Kier alpha value is -2.95. The first-order valence-corrected chi connectivity index (χ1v) is 11.9. The number of nitrogens with zero attached hydrogens (tertiary/aromatic N) is 1. The Morgan fingerprint density at radius 2 is 1.26 bits per heavy atom. The van der Waals surface area contributed by atoms with E-state index in [1.54, 1.807) is 18.2 Å². The molecule has 3 aromatic rings. The molecule has 0 fully saturated rings. The number of anilines is 1. The van der Waals surface area contributed by atoms with Gasteiger partial charge in [0, 0.05) is 32.3 Å². The highest BCUT2D eigenvalue weighted by Gasteiger charge is 2.37. The van der Waals surface area contributed by atoms with E-state index in [0.717, 1.165) is 5.56 Å². The predicted octanol–water partition coefficient (Wildman–Crippen LogP) is 9.18. The van der Waals surface area contributed by atoms with Crippen molar-refractivity contribution >= 4 is 64.2 Å². The molecular formula is C24H15Cl4F6N3O2. The molecule has 0 atom stereocenters. The van der Waals surface area contributed by atoms with E-state index >= 15 is 0 Å². The highest BCUT2D eigenvalue weighted by Crippen LogP contribution is 2.37. The van der Waals surface area contributed by atoms with Crippen molar-refractivity contribution in [2.24, 2.45) is 4.99 Å². The lowest BCUT2D eigenvalue weighted by atomic mass is 10.1. The van der Waals surface area contributed by atoms with Crippen LogP contribution in [0, 0.1) is 0 Å². The maximum atomic E-state index is 12.8. The summed E-state index contributed by atoms with van der Waals surface area (Å²) in [6.07, 6.45) is -8.58. The summed E-state index contributed by atoms with van der Waals surface area (Å²) in [5, 5.41) is 5.91. The second-order valence-electron chi connectivity index (χ2n) is 7.48. The number of carbonyl (C=O) groups excluding carboxylic acids is 2. The first kappa shape index (κ1) is 32.3. The molecule has 0 heterocycles. The molecule has 0 bridgehead atoms. The predicted molar refractivity (Wildman–Crippen MR) is 137 cm³/mol. The van der Waals surface area contributed by atoms with E-state index in [9.17, 15) is 35.9 Å². The zero-order valence-electron chi connectivity index (χ0n) is 19.2. The van der Waals surface area contributed by atoms with Gasteiger partial charge in [-0.25, -0.2) is 14.6 Å². The summed E-state index contributed by atoms with van der Waals surface area (Å²) in [6, 6.07) is 9.24. The van der Waals surface area contributed by atoms with Crippen molar-refractivity contribution in [3.8, 4) is 0 Å². The van der Waals surface area contributed by atoms with E-state index in [1.807, 2.05) is 5.32 Å². The second kappa shape index (κ2) is 13.9. The number of alkyl halides is 6. The summed E-state index contributed by atoms with van der Waals surface area (Å²) in [5.41, 5.74) is -2.50. The summed E-state index contributed by atoms with van der Waals surface area (Å²) in [5.74, 6) is 0. The molecule has 0 spiro atoms. The van der Waals surface area contributed by atoms with E-state index in [2.05, 4.69) is 10.3 Å². The van der Waals surface area contributed by atoms with Crippen LogP contribution >= 0.6 is 46.4 Å². The quantitative estimate of drug-likeness (QED) is 0.167. The van der Waals surface area contributed by atoms with Gasteiger partial charge < -0.3 is 10.6 Å². The number of rotatable bonds is 5. The largest absolute Gasteiger partial charge is 0.416 e. The minimum absolute atomic E-state index is 0.0312. The molecule has 0 aromatic heterocycles. The topological polar surface area (TPSA) is 70.6 Å². The van der Waals surface area contributed by atoms with Gasteiger partial charge in [0.05, 0.1) is 17.7 Å². The first-order valence-electron chi connectivity index (χ1n) is 10.4. The first-order chi connectivity index (χ1) is 18.1. The van der Waals surface area contributed by atoms with E-state index in [1.165, 1.54) is 24.3 Å². The molecule has 2 N–H and O–H groups in total. The minimum Gasteiger partial charge on any atom is -0.334 e. The van der Waals surface area contributed by atoms with Gasteiger partial charge in [0.25, 0.3) is 0 Å². The molecule has 0 aliphatic rings. The van der Waals surface area contributed by atoms with Gasteiger partial charge in [0.15, 0.2) is 0 Å². The molecule has 3 rings (SSSR count). The average Bonchev–Trinajstić information content (AvgIpc) is 2.82. The number of isocyanates is 1. The normalized spacial score (nSPS) is 11.1. The number of carbonyl (C=O) groups is 1. The fourth-order valence-corrected chi connectivity index (χ4v) is 3.75. The van der Waals surface area contributed by atoms with Gasteiger partial charge in [-0.1, -0.05) is 58.5 Å². The Bertz CT molecular complexity index is 1340. The lowest BCUT2D eigenvalue weighted by Gasteiger charge is -2.15. The lowest BCUT2D eigenvalue weighted by molar-refractivity contribution is -0.143. The van der Waals surface area contributed by atoms with Crippen molar-refractivity contribution in [3.05, 3.63) is 96.9 Å². The Morgan fingerprint density at radius 3 is 1.69 bits per heavy atom. The van der Waals surface area contributed by atoms with Crippen molar-refractivity contribution in [1.29, 1.82) is 0 Å². The van der Waals surface area contributed by atoms with E-state index in [-0.39, 0.29) is 24.2 Å². The van der Waals surface area contributed by atoms with Gasteiger partial charge in [0.1, 0.15) is 0 Å². The molecule has 0 saturated carbocycles. The summed E-state index contributed by atoms with van der Waals surface area (Å²) < 4.78 is 76.8. The SMILES string of the molecule is O=C(NCc1ccc(Cl)cc1Cl)Nc1cc(C(F)(F)F)cc(C(F)(F)F)c1.O=C=NCc1ccc(Cl)cc1Cl. The van der Waals surface area contributed by atoms with Crippen LogP contribution in [0.15, 0.2) is 59.6 Å². The molecule has 0 radical (unpaired) electrons. The maximum Gasteiger partial charge on any atom is 0.416 e. The number of benzene rings is 3. The number of aliphatic imine (C=N–C) groups is 1. The molecule has 208 valence electrons. The van der Waals surface area contributed by atoms with Gasteiger partial charge in [-0.2, -0.15) is 26.3 Å². The summed E-state index contributed by atoms with van der Waals surface area (Å²) in [7, 11) is 0. The summed E-state index contributed by atoms with van der Waals surface area (Å²) in [6.45, 7) is 0.131. The van der Waals surface area contributed by atoms with Gasteiger partial charge >= 0.3 is 18.4 Å². The van der Waals surface area contributed by atoms with Crippen LogP contribution in [0.5, 0.6) is 0 Å². The summed E-state index contributed by atoms with van der Waals surface area (Å²) >= 11 is 23.1. The number of halogens is 10. The van der Waals surface area contributed by atoms with E-state index < -0.39 is 35.2 Å². The maximum absolute atomic E-state index is 12.8. The van der Waals surface area contributed by atoms with Crippen LogP contribution < -0.4 is 10.6 Å². The van der Waals surface area contributed by atoms with Crippen LogP contribution in [0.4, 0.5) is 36.8 Å². The lowest BCUT2D eigenvalue weighted by Crippen LogP contribution is -2.28. The van der Waals surface area contributed by atoms with Crippen molar-refractivity contribution in [2.45, 2.75) is 25.4 Å². The van der Waals surface area contributed by atoms with Crippen molar-refractivity contribution in [3.63, 3.8) is 0 Å². The van der Waals surface area contributed by atoms with Gasteiger partial charge in [-0.05, 0) is 53.6 Å². The molecule has 3 aromatic carbocycles. The minimum atomic E-state index is -5.01. The molecule has 0 aliphatic heterocycles. The third kappa shape index (κ3) is 10.6. The highest BCUT2D eigenvalue weighted by molar-refractivity contribution is 6.35.